The first-order chi connectivity index (χ1) is 9.11. The molecule has 0 saturated carbocycles. The number of ether oxygens (including phenoxy) is 1. The summed E-state index contributed by atoms with van der Waals surface area (Å²) >= 11 is 0. The number of amides is 1. The Kier molecular flexibility index (Phi) is 4.37. The van der Waals surface area contributed by atoms with Crippen molar-refractivity contribution in [3.63, 3.8) is 0 Å². The number of pyridine rings is 1. The number of anilines is 1. The molecule has 1 N–H and O–H groups in total. The quantitative estimate of drug-likeness (QED) is 0.900. The van der Waals surface area contributed by atoms with E-state index in [1.165, 1.54) is 10.6 Å². The fourth-order valence-corrected chi connectivity index (χ4v) is 2.45. The van der Waals surface area contributed by atoms with Crippen LogP contribution in [0.1, 0.15) is 26.2 Å². The lowest BCUT2D eigenvalue weighted by Gasteiger charge is -2.30. The van der Waals surface area contributed by atoms with Crippen LogP contribution >= 0.6 is 0 Å². The van der Waals surface area contributed by atoms with Gasteiger partial charge >= 0.3 is 0 Å². The summed E-state index contributed by atoms with van der Waals surface area (Å²) in [4.78, 5) is 23.5. The second-order valence-corrected chi connectivity index (χ2v) is 4.92. The number of nitrogens with zero attached hydrogens (tertiary/aromatic N) is 1. The second kappa shape index (κ2) is 6.02. The first-order valence-corrected chi connectivity index (χ1v) is 6.71. The van der Waals surface area contributed by atoms with Crippen molar-refractivity contribution >= 4 is 11.6 Å². The summed E-state index contributed by atoms with van der Waals surface area (Å²) in [6, 6.07) is 3.08. The van der Waals surface area contributed by atoms with Crippen molar-refractivity contribution < 1.29 is 9.53 Å². The molecule has 1 aliphatic heterocycles. The Morgan fingerprint density at radius 3 is 3.00 bits per heavy atom. The highest BCUT2D eigenvalue weighted by molar-refractivity contribution is 5.92. The number of rotatable bonds is 3. The second-order valence-electron chi connectivity index (χ2n) is 4.92. The van der Waals surface area contributed by atoms with Gasteiger partial charge in [-0.05, 0) is 25.3 Å². The van der Waals surface area contributed by atoms with Crippen molar-refractivity contribution in [1.29, 1.82) is 0 Å². The SMILES string of the molecule is CC[C@H]1OCCC[C@@H]1C(=O)Nc1ccc(=O)n(C)c1. The normalized spacial score (nSPS) is 23.1. The maximum absolute atomic E-state index is 12.3. The lowest BCUT2D eigenvalue weighted by Crippen LogP contribution is -2.38. The minimum absolute atomic E-state index is 0.00119. The van der Waals surface area contributed by atoms with E-state index >= 15 is 0 Å². The summed E-state index contributed by atoms with van der Waals surface area (Å²) < 4.78 is 7.07. The number of hydrogen-bond acceptors (Lipinski definition) is 3. The largest absolute Gasteiger partial charge is 0.377 e. The van der Waals surface area contributed by atoms with Crippen LogP contribution in [0.5, 0.6) is 0 Å². The number of aromatic nitrogens is 1. The van der Waals surface area contributed by atoms with Crippen LogP contribution in [0.2, 0.25) is 0 Å². The zero-order valence-electron chi connectivity index (χ0n) is 11.4. The Morgan fingerprint density at radius 2 is 2.32 bits per heavy atom. The van der Waals surface area contributed by atoms with Gasteiger partial charge in [-0.15, -0.1) is 0 Å². The molecule has 2 rings (SSSR count). The fraction of sp³-hybridized carbons (Fsp3) is 0.571. The summed E-state index contributed by atoms with van der Waals surface area (Å²) in [5.41, 5.74) is 0.554. The highest BCUT2D eigenvalue weighted by Gasteiger charge is 2.30. The van der Waals surface area contributed by atoms with Crippen molar-refractivity contribution in [2.45, 2.75) is 32.3 Å². The summed E-state index contributed by atoms with van der Waals surface area (Å²) in [6.07, 6.45) is 4.25. The van der Waals surface area contributed by atoms with E-state index < -0.39 is 0 Å². The molecule has 5 nitrogen and oxygen atoms in total. The van der Waals surface area contributed by atoms with E-state index in [1.54, 1.807) is 19.3 Å². The third kappa shape index (κ3) is 3.23. The van der Waals surface area contributed by atoms with E-state index in [0.717, 1.165) is 25.9 Å². The Morgan fingerprint density at radius 1 is 1.53 bits per heavy atom. The maximum atomic E-state index is 12.3. The van der Waals surface area contributed by atoms with Crippen LogP contribution in [0.3, 0.4) is 0 Å². The molecule has 0 aromatic carbocycles. The van der Waals surface area contributed by atoms with Gasteiger partial charge < -0.3 is 14.6 Å². The third-order valence-electron chi connectivity index (χ3n) is 3.53. The standard InChI is InChI=1S/C14H20N2O3/c1-3-12-11(5-4-8-19-12)14(18)15-10-6-7-13(17)16(2)9-10/h6-7,9,11-12H,3-5,8H2,1-2H3,(H,15,18)/t11-,12+/m0/s1. The van der Waals surface area contributed by atoms with E-state index in [4.69, 9.17) is 4.74 Å². The molecule has 0 radical (unpaired) electrons. The molecular formula is C14H20N2O3. The van der Waals surface area contributed by atoms with Crippen LogP contribution in [0.25, 0.3) is 0 Å². The summed E-state index contributed by atoms with van der Waals surface area (Å²) in [7, 11) is 1.66. The minimum Gasteiger partial charge on any atom is -0.377 e. The molecule has 1 aromatic heterocycles. The smallest absolute Gasteiger partial charge is 0.250 e. The average Bonchev–Trinajstić information content (AvgIpc) is 2.43. The molecule has 2 atom stereocenters. The van der Waals surface area contributed by atoms with Crippen LogP contribution in [0, 0.1) is 5.92 Å². The highest BCUT2D eigenvalue weighted by Crippen LogP contribution is 2.24. The molecule has 19 heavy (non-hydrogen) atoms. The van der Waals surface area contributed by atoms with Gasteiger partial charge in [0.15, 0.2) is 0 Å². The lowest BCUT2D eigenvalue weighted by atomic mass is 9.92. The molecule has 5 heteroatoms. The van der Waals surface area contributed by atoms with Gasteiger partial charge in [-0.25, -0.2) is 0 Å². The Bertz CT molecular complexity index is 510. The third-order valence-corrected chi connectivity index (χ3v) is 3.53. The van der Waals surface area contributed by atoms with Gasteiger partial charge in [0.1, 0.15) is 0 Å². The maximum Gasteiger partial charge on any atom is 0.250 e. The van der Waals surface area contributed by atoms with Gasteiger partial charge in [0, 0.05) is 25.9 Å². The predicted molar refractivity (Wildman–Crippen MR) is 73.1 cm³/mol. The average molecular weight is 264 g/mol. The number of nitrogens with one attached hydrogen (secondary N) is 1. The lowest BCUT2D eigenvalue weighted by molar-refractivity contribution is -0.129. The summed E-state index contributed by atoms with van der Waals surface area (Å²) in [5.74, 6) is -0.124. The topological polar surface area (TPSA) is 60.3 Å². The summed E-state index contributed by atoms with van der Waals surface area (Å²) in [5, 5.41) is 2.87. The van der Waals surface area contributed by atoms with Crippen molar-refractivity contribution in [2.75, 3.05) is 11.9 Å². The molecule has 104 valence electrons. The summed E-state index contributed by atoms with van der Waals surface area (Å²) in [6.45, 7) is 2.77. The van der Waals surface area contributed by atoms with Crippen molar-refractivity contribution in [2.24, 2.45) is 13.0 Å². The van der Waals surface area contributed by atoms with Crippen LogP contribution in [-0.4, -0.2) is 23.2 Å². The van der Waals surface area contributed by atoms with Crippen molar-refractivity contribution in [3.05, 3.63) is 28.7 Å². The van der Waals surface area contributed by atoms with Crippen molar-refractivity contribution in [3.8, 4) is 0 Å². The predicted octanol–water partition coefficient (Wildman–Crippen LogP) is 1.53. The van der Waals surface area contributed by atoms with E-state index in [9.17, 15) is 9.59 Å². The van der Waals surface area contributed by atoms with Crippen LogP contribution in [0.4, 0.5) is 5.69 Å². The molecular weight excluding hydrogens is 244 g/mol. The fourth-order valence-electron chi connectivity index (χ4n) is 2.45. The monoisotopic (exact) mass is 264 g/mol. The van der Waals surface area contributed by atoms with E-state index in [-0.39, 0.29) is 23.5 Å². The number of aryl methyl sites for hydroxylation is 1. The minimum atomic E-state index is -0.101. The van der Waals surface area contributed by atoms with Gasteiger partial charge in [0.05, 0.1) is 17.7 Å². The first-order valence-electron chi connectivity index (χ1n) is 6.71. The Labute approximate surface area is 112 Å². The van der Waals surface area contributed by atoms with E-state index in [2.05, 4.69) is 5.32 Å². The molecule has 1 amide bonds. The first kappa shape index (κ1) is 13.8. The molecule has 1 saturated heterocycles. The Hall–Kier alpha value is -1.62. The highest BCUT2D eigenvalue weighted by atomic mass is 16.5. The van der Waals surface area contributed by atoms with Crippen molar-refractivity contribution in [1.82, 2.24) is 4.57 Å². The van der Waals surface area contributed by atoms with Gasteiger partial charge in [0.25, 0.3) is 0 Å². The zero-order valence-corrected chi connectivity index (χ0v) is 11.4. The van der Waals surface area contributed by atoms with Gasteiger partial charge in [-0.2, -0.15) is 0 Å². The van der Waals surface area contributed by atoms with E-state index in [1.807, 2.05) is 6.92 Å². The van der Waals surface area contributed by atoms with Gasteiger partial charge in [0.2, 0.25) is 11.5 Å². The van der Waals surface area contributed by atoms with Gasteiger partial charge in [-0.3, -0.25) is 9.59 Å². The zero-order chi connectivity index (χ0) is 13.8. The molecule has 0 unspecified atom stereocenters. The molecule has 2 heterocycles. The van der Waals surface area contributed by atoms with E-state index in [0.29, 0.717) is 5.69 Å². The molecule has 1 aromatic rings. The Balaban J connectivity index is 2.07. The molecule has 0 aliphatic carbocycles. The number of carbonyl (C=O) groups excluding carboxylic acids is 1. The molecule has 1 aliphatic rings. The number of hydrogen-bond donors (Lipinski definition) is 1. The molecule has 0 spiro atoms. The molecule has 1 fully saturated rings. The van der Waals surface area contributed by atoms with Crippen LogP contribution in [0.15, 0.2) is 23.1 Å². The van der Waals surface area contributed by atoms with Crippen LogP contribution in [-0.2, 0) is 16.6 Å². The number of carbonyl (C=O) groups is 1. The van der Waals surface area contributed by atoms with Crippen LogP contribution < -0.4 is 10.9 Å². The molecule has 0 bridgehead atoms. The van der Waals surface area contributed by atoms with Gasteiger partial charge in [-0.1, -0.05) is 6.92 Å².